The summed E-state index contributed by atoms with van der Waals surface area (Å²) in [6.45, 7) is 0. The summed E-state index contributed by atoms with van der Waals surface area (Å²) in [5.41, 5.74) is 0.255. The van der Waals surface area contributed by atoms with Crippen molar-refractivity contribution in [1.82, 2.24) is 0 Å². The van der Waals surface area contributed by atoms with E-state index in [0.717, 1.165) is 38.5 Å². The highest BCUT2D eigenvalue weighted by molar-refractivity contribution is 7.89. The van der Waals surface area contributed by atoms with Crippen LogP contribution in [0.15, 0.2) is 29.2 Å². The van der Waals surface area contributed by atoms with E-state index < -0.39 is 34.2 Å². The minimum Gasteiger partial charge on any atom is -0.326 e. The molecule has 0 aliphatic heterocycles. The summed E-state index contributed by atoms with van der Waals surface area (Å²) >= 11 is 0. The Hall–Kier alpha value is -1.54. The molecular weight excluding hydrogens is 386 g/mol. The number of sulfonamides is 1. The van der Waals surface area contributed by atoms with Crippen LogP contribution in [0.5, 0.6) is 0 Å². The van der Waals surface area contributed by atoms with Crippen molar-refractivity contribution in [3.8, 4) is 0 Å². The molecule has 156 valence electrons. The molecule has 8 heteroatoms. The van der Waals surface area contributed by atoms with Crippen molar-refractivity contribution >= 4 is 21.6 Å². The van der Waals surface area contributed by atoms with Gasteiger partial charge in [0.25, 0.3) is 0 Å². The highest BCUT2D eigenvalue weighted by Crippen LogP contribution is 2.46. The maximum absolute atomic E-state index is 14.1. The highest BCUT2D eigenvalue weighted by Gasteiger charge is 2.46. The zero-order chi connectivity index (χ0) is 20.4. The van der Waals surface area contributed by atoms with Crippen molar-refractivity contribution in [3.63, 3.8) is 0 Å². The maximum atomic E-state index is 14.1. The molecule has 3 N–H and O–H groups in total. The van der Waals surface area contributed by atoms with Crippen LogP contribution < -0.4 is 10.5 Å². The van der Waals surface area contributed by atoms with Gasteiger partial charge in [0.15, 0.2) is 0 Å². The first-order valence-corrected chi connectivity index (χ1v) is 11.5. The number of carbonyl (C=O) groups is 1. The number of carbonyl (C=O) groups excluding carboxylic acids is 1. The van der Waals surface area contributed by atoms with E-state index in [2.05, 4.69) is 5.32 Å². The second-order valence-corrected chi connectivity index (χ2v) is 9.74. The van der Waals surface area contributed by atoms with Crippen LogP contribution in [0.1, 0.15) is 57.8 Å². The quantitative estimate of drug-likeness (QED) is 0.720. The van der Waals surface area contributed by atoms with Gasteiger partial charge in [-0.2, -0.15) is 0 Å². The molecule has 2 fully saturated rings. The molecular formula is C20H28F2N2O3S. The van der Waals surface area contributed by atoms with E-state index in [1.165, 1.54) is 24.3 Å². The maximum Gasteiger partial charge on any atom is 0.248 e. The summed E-state index contributed by atoms with van der Waals surface area (Å²) in [5, 5.41) is 7.78. The minimum absolute atomic E-state index is 0.0563. The Morgan fingerprint density at radius 1 is 1.11 bits per heavy atom. The van der Waals surface area contributed by atoms with E-state index in [1.54, 1.807) is 0 Å². The van der Waals surface area contributed by atoms with Gasteiger partial charge < -0.3 is 5.32 Å². The standard InChI is InChI=1S/C20H28F2N2O3S/c21-20(22)11-10-17(14-6-3-1-2-4-7-14)18(13-20)19(25)24-15-8-5-9-16(12-15)28(23,26)27/h5,8-9,12,14,17-18H,1-4,6-7,10-11,13H2,(H,24,25)(H2,23,26,27)/t17-,18?/m1/s1. The normalized spacial score (nSPS) is 26.4. The van der Waals surface area contributed by atoms with E-state index in [0.29, 0.717) is 12.3 Å². The lowest BCUT2D eigenvalue weighted by atomic mass is 9.68. The zero-order valence-corrected chi connectivity index (χ0v) is 16.7. The molecule has 2 atom stereocenters. The largest absolute Gasteiger partial charge is 0.326 e. The number of nitrogens with one attached hydrogen (secondary N) is 1. The van der Waals surface area contributed by atoms with Crippen molar-refractivity contribution in [2.24, 2.45) is 22.9 Å². The smallest absolute Gasteiger partial charge is 0.248 e. The van der Waals surface area contributed by atoms with Crippen molar-refractivity contribution < 1.29 is 22.0 Å². The molecule has 1 aromatic carbocycles. The number of hydrogen-bond donors (Lipinski definition) is 2. The second-order valence-electron chi connectivity index (χ2n) is 8.18. The Morgan fingerprint density at radius 3 is 2.43 bits per heavy atom. The molecule has 2 saturated carbocycles. The summed E-state index contributed by atoms with van der Waals surface area (Å²) in [6, 6.07) is 5.59. The minimum atomic E-state index is -3.91. The van der Waals surface area contributed by atoms with Gasteiger partial charge in [-0.25, -0.2) is 22.3 Å². The number of hydrogen-bond acceptors (Lipinski definition) is 3. The van der Waals surface area contributed by atoms with Gasteiger partial charge in [0.1, 0.15) is 0 Å². The molecule has 0 aromatic heterocycles. The van der Waals surface area contributed by atoms with Gasteiger partial charge in [-0.05, 0) is 36.5 Å². The SMILES string of the molecule is NS(=O)(=O)c1cccc(NC(=O)C2CC(F)(F)CC[C@@H]2C2CCCCCC2)c1. The molecule has 1 amide bonds. The Bertz CT molecular complexity index is 805. The molecule has 0 spiro atoms. The Kier molecular flexibility index (Phi) is 6.39. The molecule has 3 rings (SSSR count). The number of benzene rings is 1. The molecule has 0 radical (unpaired) electrons. The topological polar surface area (TPSA) is 89.3 Å². The molecule has 1 aromatic rings. The Balaban J connectivity index is 1.79. The molecule has 2 aliphatic carbocycles. The average Bonchev–Trinajstić information content (AvgIpc) is 2.90. The van der Waals surface area contributed by atoms with Crippen LogP contribution in [0.3, 0.4) is 0 Å². The fraction of sp³-hybridized carbons (Fsp3) is 0.650. The number of anilines is 1. The van der Waals surface area contributed by atoms with Gasteiger partial charge in [0.05, 0.1) is 4.90 Å². The number of primary sulfonamides is 1. The van der Waals surface area contributed by atoms with E-state index >= 15 is 0 Å². The van der Waals surface area contributed by atoms with Crippen LogP contribution in [0, 0.1) is 17.8 Å². The molecule has 1 unspecified atom stereocenters. The Morgan fingerprint density at radius 2 is 1.79 bits per heavy atom. The third-order valence-corrected chi connectivity index (χ3v) is 7.06. The van der Waals surface area contributed by atoms with Gasteiger partial charge in [-0.3, -0.25) is 4.79 Å². The fourth-order valence-corrected chi connectivity index (χ4v) is 5.29. The van der Waals surface area contributed by atoms with Gasteiger partial charge in [-0.1, -0.05) is 44.6 Å². The van der Waals surface area contributed by atoms with Crippen LogP contribution in [0.2, 0.25) is 0 Å². The number of nitrogens with two attached hydrogens (primary N) is 1. The Labute approximate surface area is 165 Å². The summed E-state index contributed by atoms with van der Waals surface area (Å²) in [7, 11) is -3.91. The van der Waals surface area contributed by atoms with E-state index in [1.807, 2.05) is 0 Å². The van der Waals surface area contributed by atoms with Crippen LogP contribution in [-0.4, -0.2) is 20.2 Å². The summed E-state index contributed by atoms with van der Waals surface area (Å²) in [4.78, 5) is 12.8. The van der Waals surface area contributed by atoms with E-state index in [9.17, 15) is 22.0 Å². The highest BCUT2D eigenvalue weighted by atomic mass is 32.2. The predicted octanol–water partition coefficient (Wildman–Crippen LogP) is 4.29. The molecule has 5 nitrogen and oxygen atoms in total. The zero-order valence-electron chi connectivity index (χ0n) is 15.9. The lowest BCUT2D eigenvalue weighted by molar-refractivity contribution is -0.134. The summed E-state index contributed by atoms with van der Waals surface area (Å²) in [5.74, 6) is -3.83. The lowest BCUT2D eigenvalue weighted by Gasteiger charge is -2.39. The third-order valence-electron chi connectivity index (χ3n) is 6.15. The average molecular weight is 415 g/mol. The van der Waals surface area contributed by atoms with Crippen molar-refractivity contribution in [2.45, 2.75) is 68.6 Å². The fourth-order valence-electron chi connectivity index (χ4n) is 4.73. The van der Waals surface area contributed by atoms with E-state index in [4.69, 9.17) is 5.14 Å². The van der Waals surface area contributed by atoms with Gasteiger partial charge in [0.2, 0.25) is 21.9 Å². The first-order chi connectivity index (χ1) is 13.2. The predicted molar refractivity (Wildman–Crippen MR) is 103 cm³/mol. The summed E-state index contributed by atoms with van der Waals surface area (Å²) < 4.78 is 51.3. The van der Waals surface area contributed by atoms with Crippen molar-refractivity contribution in [3.05, 3.63) is 24.3 Å². The van der Waals surface area contributed by atoms with Gasteiger partial charge >= 0.3 is 0 Å². The number of rotatable bonds is 4. The number of amides is 1. The number of alkyl halides is 2. The first kappa shape index (κ1) is 21.2. The van der Waals surface area contributed by atoms with Crippen LogP contribution in [0.25, 0.3) is 0 Å². The van der Waals surface area contributed by atoms with E-state index in [-0.39, 0.29) is 22.9 Å². The van der Waals surface area contributed by atoms with Gasteiger partial charge in [0, 0.05) is 24.4 Å². The third kappa shape index (κ3) is 5.29. The summed E-state index contributed by atoms with van der Waals surface area (Å²) in [6.07, 6.45) is 6.21. The first-order valence-electron chi connectivity index (χ1n) is 9.97. The monoisotopic (exact) mass is 414 g/mol. The van der Waals surface area contributed by atoms with Gasteiger partial charge in [-0.15, -0.1) is 0 Å². The van der Waals surface area contributed by atoms with Crippen molar-refractivity contribution in [1.29, 1.82) is 0 Å². The van der Waals surface area contributed by atoms with Crippen LogP contribution >= 0.6 is 0 Å². The number of halogens is 2. The van der Waals surface area contributed by atoms with Crippen LogP contribution in [-0.2, 0) is 14.8 Å². The molecule has 0 bridgehead atoms. The molecule has 0 saturated heterocycles. The molecule has 2 aliphatic rings. The van der Waals surface area contributed by atoms with Crippen LogP contribution in [0.4, 0.5) is 14.5 Å². The second kappa shape index (κ2) is 8.45. The molecule has 0 heterocycles. The molecule has 28 heavy (non-hydrogen) atoms. The lowest BCUT2D eigenvalue weighted by Crippen LogP contribution is -2.42. The van der Waals surface area contributed by atoms with Crippen molar-refractivity contribution in [2.75, 3.05) is 5.32 Å².